The van der Waals surface area contributed by atoms with E-state index in [1.807, 2.05) is 0 Å². The summed E-state index contributed by atoms with van der Waals surface area (Å²) >= 11 is 0. The molecule has 0 aliphatic rings. The van der Waals surface area contributed by atoms with Crippen LogP contribution >= 0.6 is 0 Å². The van der Waals surface area contributed by atoms with E-state index in [0.717, 1.165) is 5.56 Å². The average molecular weight is 260 g/mol. The summed E-state index contributed by atoms with van der Waals surface area (Å²) in [4.78, 5) is 17.4. The van der Waals surface area contributed by atoms with E-state index < -0.39 is 0 Å². The van der Waals surface area contributed by atoms with Crippen LogP contribution in [0.5, 0.6) is 11.5 Å². The van der Waals surface area contributed by atoms with Crippen LogP contribution in [0.2, 0.25) is 0 Å². The van der Waals surface area contributed by atoms with Crippen molar-refractivity contribution in [3.05, 3.63) is 46.4 Å². The van der Waals surface area contributed by atoms with Crippen LogP contribution < -0.4 is 15.7 Å². The molecule has 0 bridgehead atoms. The Kier molecular flexibility index (Phi) is 3.77. The third-order valence-electron chi connectivity index (χ3n) is 2.26. The molecule has 0 unspecified atom stereocenters. The Morgan fingerprint density at radius 3 is 3.05 bits per heavy atom. The lowest BCUT2D eigenvalue weighted by Gasteiger charge is -2.03. The number of hydrazone groups is 1. The Hall–Kier alpha value is -2.83. The van der Waals surface area contributed by atoms with E-state index >= 15 is 0 Å². The number of aromatic amines is 1. The van der Waals surface area contributed by atoms with Crippen LogP contribution in [0.4, 0.5) is 5.95 Å². The standard InChI is InChI=1S/C12H12N4O3/c1-19-10-6-8(2-3-9(10)17)7-14-16-12-13-5-4-11(18)15-12/h2-7,17H,1H3,(H2,13,15,16,18)/b14-7+. The van der Waals surface area contributed by atoms with Crippen molar-refractivity contribution in [2.75, 3.05) is 12.5 Å². The second kappa shape index (κ2) is 5.67. The van der Waals surface area contributed by atoms with Crippen molar-refractivity contribution >= 4 is 12.2 Å². The minimum Gasteiger partial charge on any atom is -0.504 e. The van der Waals surface area contributed by atoms with Gasteiger partial charge in [-0.25, -0.2) is 10.4 Å². The van der Waals surface area contributed by atoms with Gasteiger partial charge in [0.15, 0.2) is 11.5 Å². The minimum atomic E-state index is -0.265. The van der Waals surface area contributed by atoms with Crippen molar-refractivity contribution in [3.8, 4) is 11.5 Å². The van der Waals surface area contributed by atoms with Crippen molar-refractivity contribution in [3.63, 3.8) is 0 Å². The van der Waals surface area contributed by atoms with E-state index in [2.05, 4.69) is 20.5 Å². The fourth-order valence-corrected chi connectivity index (χ4v) is 1.37. The van der Waals surface area contributed by atoms with Gasteiger partial charge >= 0.3 is 0 Å². The molecule has 19 heavy (non-hydrogen) atoms. The van der Waals surface area contributed by atoms with Gasteiger partial charge in [0.2, 0.25) is 5.95 Å². The molecule has 7 nitrogen and oxygen atoms in total. The number of anilines is 1. The summed E-state index contributed by atoms with van der Waals surface area (Å²) in [6, 6.07) is 6.11. The normalized spacial score (nSPS) is 10.6. The fourth-order valence-electron chi connectivity index (χ4n) is 1.37. The van der Waals surface area contributed by atoms with Crippen LogP contribution in [0.1, 0.15) is 5.56 Å². The number of hydrogen-bond acceptors (Lipinski definition) is 6. The SMILES string of the molecule is COc1cc(/C=N/Nc2nccc(=O)[nH]2)ccc1O. The first kappa shape index (κ1) is 12.6. The minimum absolute atomic E-state index is 0.0571. The van der Waals surface area contributed by atoms with Gasteiger partial charge in [0.25, 0.3) is 5.56 Å². The van der Waals surface area contributed by atoms with Crippen molar-refractivity contribution in [2.45, 2.75) is 0 Å². The van der Waals surface area contributed by atoms with Gasteiger partial charge in [0.05, 0.1) is 13.3 Å². The second-order valence-corrected chi connectivity index (χ2v) is 3.58. The van der Waals surface area contributed by atoms with Gasteiger partial charge in [-0.1, -0.05) is 0 Å². The summed E-state index contributed by atoms with van der Waals surface area (Å²) < 4.78 is 4.97. The number of nitrogens with one attached hydrogen (secondary N) is 2. The maximum atomic E-state index is 11.0. The fraction of sp³-hybridized carbons (Fsp3) is 0.0833. The second-order valence-electron chi connectivity index (χ2n) is 3.58. The zero-order chi connectivity index (χ0) is 13.7. The quantitative estimate of drug-likeness (QED) is 0.561. The van der Waals surface area contributed by atoms with Crippen molar-refractivity contribution < 1.29 is 9.84 Å². The van der Waals surface area contributed by atoms with Crippen LogP contribution in [0, 0.1) is 0 Å². The Labute approximate surface area is 108 Å². The first-order chi connectivity index (χ1) is 9.19. The van der Waals surface area contributed by atoms with E-state index in [0.29, 0.717) is 5.75 Å². The van der Waals surface area contributed by atoms with Gasteiger partial charge < -0.3 is 9.84 Å². The third kappa shape index (κ3) is 3.32. The molecule has 0 saturated carbocycles. The first-order valence-corrected chi connectivity index (χ1v) is 5.40. The summed E-state index contributed by atoms with van der Waals surface area (Å²) in [6.45, 7) is 0. The van der Waals surface area contributed by atoms with Crippen LogP contribution in [0.25, 0.3) is 0 Å². The van der Waals surface area contributed by atoms with Gasteiger partial charge in [-0.05, 0) is 23.8 Å². The summed E-state index contributed by atoms with van der Waals surface area (Å²) in [5.74, 6) is 0.659. The molecule has 0 fully saturated rings. The van der Waals surface area contributed by atoms with Crippen molar-refractivity contribution in [1.29, 1.82) is 0 Å². The largest absolute Gasteiger partial charge is 0.504 e. The van der Waals surface area contributed by atoms with Crippen LogP contribution in [-0.4, -0.2) is 28.4 Å². The summed E-state index contributed by atoms with van der Waals surface area (Å²) in [7, 11) is 1.47. The molecule has 1 aromatic heterocycles. The molecule has 1 aromatic carbocycles. The molecule has 0 atom stereocenters. The van der Waals surface area contributed by atoms with E-state index in [4.69, 9.17) is 4.74 Å². The highest BCUT2D eigenvalue weighted by atomic mass is 16.5. The molecule has 98 valence electrons. The predicted molar refractivity (Wildman–Crippen MR) is 70.7 cm³/mol. The summed E-state index contributed by atoms with van der Waals surface area (Å²) in [5.41, 5.74) is 3.04. The molecule has 0 aliphatic heterocycles. The number of methoxy groups -OCH3 is 1. The van der Waals surface area contributed by atoms with E-state index in [1.165, 1.54) is 31.7 Å². The molecule has 2 rings (SSSR count). The molecule has 0 saturated heterocycles. The maximum Gasteiger partial charge on any atom is 0.252 e. The molecule has 0 radical (unpaired) electrons. The van der Waals surface area contributed by atoms with Gasteiger partial charge in [-0.2, -0.15) is 5.10 Å². The molecule has 1 heterocycles. The Morgan fingerprint density at radius 2 is 2.32 bits per heavy atom. The lowest BCUT2D eigenvalue weighted by atomic mass is 10.2. The van der Waals surface area contributed by atoms with E-state index in [-0.39, 0.29) is 17.3 Å². The molecule has 0 amide bonds. The number of benzene rings is 1. The molecule has 0 aliphatic carbocycles. The third-order valence-corrected chi connectivity index (χ3v) is 2.26. The van der Waals surface area contributed by atoms with Gasteiger partial charge in [-0.3, -0.25) is 9.78 Å². The number of aromatic nitrogens is 2. The monoisotopic (exact) mass is 260 g/mol. The van der Waals surface area contributed by atoms with Crippen molar-refractivity contribution in [2.24, 2.45) is 5.10 Å². The predicted octanol–water partition coefficient (Wildman–Crippen LogP) is 0.930. The van der Waals surface area contributed by atoms with Crippen LogP contribution in [-0.2, 0) is 0 Å². The number of H-pyrrole nitrogens is 1. The van der Waals surface area contributed by atoms with Crippen LogP contribution in [0.15, 0.2) is 40.4 Å². The topological polar surface area (TPSA) is 99.6 Å². The maximum absolute atomic E-state index is 11.0. The van der Waals surface area contributed by atoms with Crippen molar-refractivity contribution in [1.82, 2.24) is 9.97 Å². The average Bonchev–Trinajstić information content (AvgIpc) is 2.41. The van der Waals surface area contributed by atoms with E-state index in [1.54, 1.807) is 12.1 Å². The zero-order valence-corrected chi connectivity index (χ0v) is 10.1. The van der Waals surface area contributed by atoms with Gasteiger partial charge in [-0.15, -0.1) is 0 Å². The van der Waals surface area contributed by atoms with Gasteiger partial charge in [0, 0.05) is 12.3 Å². The Bertz CT molecular complexity index is 651. The summed E-state index contributed by atoms with van der Waals surface area (Å²) in [6.07, 6.45) is 2.88. The Morgan fingerprint density at radius 1 is 1.47 bits per heavy atom. The molecule has 2 aromatic rings. The van der Waals surface area contributed by atoms with Crippen LogP contribution in [0.3, 0.4) is 0 Å². The van der Waals surface area contributed by atoms with E-state index in [9.17, 15) is 9.90 Å². The first-order valence-electron chi connectivity index (χ1n) is 5.40. The number of nitrogens with zero attached hydrogens (tertiary/aromatic N) is 2. The number of ether oxygens (including phenoxy) is 1. The number of phenols is 1. The molecular formula is C12H12N4O3. The summed E-state index contributed by atoms with van der Waals surface area (Å²) in [5, 5.41) is 13.3. The zero-order valence-electron chi connectivity index (χ0n) is 10.1. The van der Waals surface area contributed by atoms with Gasteiger partial charge in [0.1, 0.15) is 0 Å². The lowest BCUT2D eigenvalue weighted by molar-refractivity contribution is 0.373. The molecule has 7 heteroatoms. The number of rotatable bonds is 4. The highest BCUT2D eigenvalue weighted by molar-refractivity contribution is 5.81. The highest BCUT2D eigenvalue weighted by Gasteiger charge is 2.00. The number of phenolic OH excluding ortho intramolecular Hbond substituents is 1. The lowest BCUT2D eigenvalue weighted by Crippen LogP contribution is -2.07. The smallest absolute Gasteiger partial charge is 0.252 e. The Balaban J connectivity index is 2.09. The molecular weight excluding hydrogens is 248 g/mol. The number of aromatic hydroxyl groups is 1. The molecule has 0 spiro atoms. The molecule has 3 N–H and O–H groups in total. The number of hydrogen-bond donors (Lipinski definition) is 3. The highest BCUT2D eigenvalue weighted by Crippen LogP contribution is 2.25.